The number of aromatic hydroxyl groups is 1. The van der Waals surface area contributed by atoms with Gasteiger partial charge in [0.2, 0.25) is 0 Å². The number of anilines is 1. The lowest BCUT2D eigenvalue weighted by molar-refractivity contribution is 0.0697. The second-order valence-corrected chi connectivity index (χ2v) is 4.92. The van der Waals surface area contributed by atoms with Crippen molar-refractivity contribution in [3.63, 3.8) is 0 Å². The molecule has 2 aromatic carbocycles. The number of carboxylic acid groups (broad SMARTS) is 1. The largest absolute Gasteiger partial charge is 0.508 e. The van der Waals surface area contributed by atoms with Crippen molar-refractivity contribution in [1.29, 1.82) is 0 Å². The summed E-state index contributed by atoms with van der Waals surface area (Å²) in [6.07, 6.45) is 0. The van der Waals surface area contributed by atoms with Crippen molar-refractivity contribution in [1.82, 2.24) is 0 Å². The van der Waals surface area contributed by atoms with Crippen molar-refractivity contribution in [3.05, 3.63) is 58.1 Å². The number of aromatic carboxylic acids is 1. The molecule has 0 spiro atoms. The fraction of sp³-hybridized carbons (Fsp3) is 0.0714. The van der Waals surface area contributed by atoms with E-state index in [4.69, 9.17) is 5.11 Å². The van der Waals surface area contributed by atoms with Gasteiger partial charge in [0.15, 0.2) is 0 Å². The summed E-state index contributed by atoms with van der Waals surface area (Å²) in [6.45, 7) is 0.456. The summed E-state index contributed by atoms with van der Waals surface area (Å²) in [4.78, 5) is 10.7. The molecule has 0 atom stereocenters. The summed E-state index contributed by atoms with van der Waals surface area (Å²) in [5.74, 6) is -0.728. The number of hydrogen-bond acceptors (Lipinski definition) is 3. The highest BCUT2D eigenvalue weighted by Crippen LogP contribution is 2.23. The highest BCUT2D eigenvalue weighted by molar-refractivity contribution is 9.10. The molecule has 0 unspecified atom stereocenters. The Morgan fingerprint density at radius 3 is 2.47 bits per heavy atom. The maximum absolute atomic E-state index is 10.7. The van der Waals surface area contributed by atoms with E-state index < -0.39 is 5.97 Å². The van der Waals surface area contributed by atoms with Gasteiger partial charge in [-0.15, -0.1) is 0 Å². The monoisotopic (exact) mass is 321 g/mol. The molecule has 98 valence electrons. The van der Waals surface area contributed by atoms with Gasteiger partial charge >= 0.3 is 5.97 Å². The molecule has 0 saturated heterocycles. The Hall–Kier alpha value is -2.01. The Morgan fingerprint density at radius 1 is 1.16 bits per heavy atom. The van der Waals surface area contributed by atoms with Gasteiger partial charge in [-0.05, 0) is 42.5 Å². The fourth-order valence-corrected chi connectivity index (χ4v) is 2.03. The van der Waals surface area contributed by atoms with Crippen molar-refractivity contribution in [2.45, 2.75) is 6.54 Å². The number of carboxylic acids is 1. The molecule has 2 aromatic rings. The van der Waals surface area contributed by atoms with Gasteiger partial charge in [0.1, 0.15) is 5.75 Å². The number of rotatable bonds is 4. The van der Waals surface area contributed by atoms with E-state index in [1.165, 1.54) is 12.1 Å². The van der Waals surface area contributed by atoms with E-state index in [0.717, 1.165) is 15.7 Å². The van der Waals surface area contributed by atoms with Crippen molar-refractivity contribution in [3.8, 4) is 5.75 Å². The van der Waals surface area contributed by atoms with Crippen molar-refractivity contribution in [2.24, 2.45) is 0 Å². The van der Waals surface area contributed by atoms with E-state index >= 15 is 0 Å². The average molecular weight is 322 g/mol. The van der Waals surface area contributed by atoms with Crippen LogP contribution in [0.5, 0.6) is 5.75 Å². The molecule has 19 heavy (non-hydrogen) atoms. The molecule has 3 N–H and O–H groups in total. The Balaban J connectivity index is 2.06. The Morgan fingerprint density at radius 2 is 1.84 bits per heavy atom. The lowest BCUT2D eigenvalue weighted by atomic mass is 10.2. The van der Waals surface area contributed by atoms with E-state index in [1.54, 1.807) is 24.3 Å². The average Bonchev–Trinajstić information content (AvgIpc) is 2.40. The van der Waals surface area contributed by atoms with Gasteiger partial charge in [0, 0.05) is 22.3 Å². The third-order valence-corrected chi connectivity index (χ3v) is 3.15. The SMILES string of the molecule is O=C(O)c1ccc(NCc2cc(Br)ccc2O)cc1. The van der Waals surface area contributed by atoms with E-state index in [1.807, 2.05) is 6.07 Å². The topological polar surface area (TPSA) is 69.6 Å². The number of carbonyl (C=O) groups is 1. The lowest BCUT2D eigenvalue weighted by Gasteiger charge is -2.09. The maximum Gasteiger partial charge on any atom is 0.335 e. The first-order valence-corrected chi connectivity index (χ1v) is 6.40. The first-order chi connectivity index (χ1) is 9.06. The highest BCUT2D eigenvalue weighted by atomic mass is 79.9. The zero-order valence-corrected chi connectivity index (χ0v) is 11.5. The molecule has 0 saturated carbocycles. The van der Waals surface area contributed by atoms with Crippen molar-refractivity contribution in [2.75, 3.05) is 5.32 Å². The second kappa shape index (κ2) is 5.75. The Bertz CT molecular complexity index is 596. The molecule has 4 nitrogen and oxygen atoms in total. The Kier molecular flexibility index (Phi) is 4.06. The zero-order valence-electron chi connectivity index (χ0n) is 9.93. The zero-order chi connectivity index (χ0) is 13.8. The molecular formula is C14H12BrNO3. The molecule has 0 aromatic heterocycles. The third kappa shape index (κ3) is 3.48. The van der Waals surface area contributed by atoms with Gasteiger partial charge in [0.05, 0.1) is 5.56 Å². The molecule has 0 aliphatic carbocycles. The van der Waals surface area contributed by atoms with Crippen LogP contribution in [0.25, 0.3) is 0 Å². The van der Waals surface area contributed by atoms with Crippen molar-refractivity contribution < 1.29 is 15.0 Å². The smallest absolute Gasteiger partial charge is 0.335 e. The Labute approximate surface area is 118 Å². The predicted octanol–water partition coefficient (Wildman–Crippen LogP) is 3.47. The molecule has 0 aliphatic rings. The summed E-state index contributed by atoms with van der Waals surface area (Å²) >= 11 is 3.34. The van der Waals surface area contributed by atoms with Crippen LogP contribution in [0.15, 0.2) is 46.9 Å². The minimum absolute atomic E-state index is 0.220. The summed E-state index contributed by atoms with van der Waals surface area (Å²) in [6, 6.07) is 11.7. The number of nitrogens with one attached hydrogen (secondary N) is 1. The molecule has 0 fully saturated rings. The number of halogens is 1. The predicted molar refractivity (Wildman–Crippen MR) is 76.5 cm³/mol. The van der Waals surface area contributed by atoms with Crippen LogP contribution in [0.3, 0.4) is 0 Å². The number of benzene rings is 2. The first-order valence-electron chi connectivity index (χ1n) is 5.61. The fourth-order valence-electron chi connectivity index (χ4n) is 1.62. The highest BCUT2D eigenvalue weighted by Gasteiger charge is 2.04. The van der Waals surface area contributed by atoms with Crippen LogP contribution in [0.2, 0.25) is 0 Å². The van der Waals surface area contributed by atoms with Gasteiger partial charge in [-0.25, -0.2) is 4.79 Å². The quantitative estimate of drug-likeness (QED) is 0.806. The lowest BCUT2D eigenvalue weighted by Crippen LogP contribution is -2.01. The summed E-state index contributed by atoms with van der Waals surface area (Å²) in [7, 11) is 0. The molecule has 0 aliphatic heterocycles. The van der Waals surface area contributed by atoms with E-state index in [2.05, 4.69) is 21.2 Å². The van der Waals surface area contributed by atoms with Crippen LogP contribution in [0, 0.1) is 0 Å². The minimum atomic E-state index is -0.948. The van der Waals surface area contributed by atoms with E-state index in [-0.39, 0.29) is 11.3 Å². The molecule has 0 heterocycles. The number of phenolic OH excluding ortho intramolecular Hbond substituents is 1. The maximum atomic E-state index is 10.7. The molecule has 0 bridgehead atoms. The number of hydrogen-bond donors (Lipinski definition) is 3. The molecule has 2 rings (SSSR count). The van der Waals surface area contributed by atoms with Crippen LogP contribution in [0.1, 0.15) is 15.9 Å². The molecule has 0 radical (unpaired) electrons. The second-order valence-electron chi connectivity index (χ2n) is 4.01. The molecule has 5 heteroatoms. The van der Waals surface area contributed by atoms with Gasteiger partial charge in [-0.2, -0.15) is 0 Å². The number of phenols is 1. The minimum Gasteiger partial charge on any atom is -0.508 e. The van der Waals surface area contributed by atoms with Crippen LogP contribution >= 0.6 is 15.9 Å². The van der Waals surface area contributed by atoms with Crippen LogP contribution in [0.4, 0.5) is 5.69 Å². The van der Waals surface area contributed by atoms with Crippen LogP contribution < -0.4 is 5.32 Å². The van der Waals surface area contributed by atoms with Crippen LogP contribution in [-0.2, 0) is 6.54 Å². The van der Waals surface area contributed by atoms with Crippen LogP contribution in [-0.4, -0.2) is 16.2 Å². The molecule has 0 amide bonds. The van der Waals surface area contributed by atoms with E-state index in [9.17, 15) is 9.90 Å². The van der Waals surface area contributed by atoms with Gasteiger partial charge in [-0.1, -0.05) is 15.9 Å². The van der Waals surface area contributed by atoms with Crippen molar-refractivity contribution >= 4 is 27.6 Å². The van der Waals surface area contributed by atoms with Gasteiger partial charge < -0.3 is 15.5 Å². The normalized spacial score (nSPS) is 10.2. The summed E-state index contributed by atoms with van der Waals surface area (Å²) < 4.78 is 0.892. The van der Waals surface area contributed by atoms with E-state index in [0.29, 0.717) is 6.54 Å². The summed E-state index contributed by atoms with van der Waals surface area (Å²) in [5, 5.41) is 21.6. The summed E-state index contributed by atoms with van der Waals surface area (Å²) in [5.41, 5.74) is 1.80. The third-order valence-electron chi connectivity index (χ3n) is 2.66. The van der Waals surface area contributed by atoms with Gasteiger partial charge in [-0.3, -0.25) is 0 Å². The first kappa shape index (κ1) is 13.4. The molecular weight excluding hydrogens is 310 g/mol. The standard InChI is InChI=1S/C14H12BrNO3/c15-11-3-6-13(17)10(7-11)8-16-12-4-1-9(2-5-12)14(18)19/h1-7,16-17H,8H2,(H,18,19). The van der Waals surface area contributed by atoms with Gasteiger partial charge in [0.25, 0.3) is 0 Å².